The fourth-order valence-electron chi connectivity index (χ4n) is 2.75. The summed E-state index contributed by atoms with van der Waals surface area (Å²) in [5.41, 5.74) is 0.508. The van der Waals surface area contributed by atoms with Crippen molar-refractivity contribution >= 4 is 29.3 Å². The summed E-state index contributed by atoms with van der Waals surface area (Å²) in [6, 6.07) is 10.1. The standard InChI is InChI=1S/C19H16F4N2O3S/c20-14-7-2-1-4-11(14)8-16-18(27)25-15(10-29-16)17(26)24-12-5-3-6-13(9-12)28-19(21,22)23/h1-7,9,15-16H,8,10H2,(H,24,26)(H,25,27)/t15-,16+/m0/s1. The van der Waals surface area contributed by atoms with Gasteiger partial charge in [0, 0.05) is 17.5 Å². The highest BCUT2D eigenvalue weighted by molar-refractivity contribution is 8.00. The van der Waals surface area contributed by atoms with Crippen molar-refractivity contribution in [3.63, 3.8) is 0 Å². The zero-order chi connectivity index (χ0) is 21.0. The lowest BCUT2D eigenvalue weighted by Gasteiger charge is -2.28. The summed E-state index contributed by atoms with van der Waals surface area (Å²) in [5, 5.41) is 4.49. The molecule has 0 radical (unpaired) electrons. The summed E-state index contributed by atoms with van der Waals surface area (Å²) >= 11 is 1.22. The minimum atomic E-state index is -4.84. The van der Waals surface area contributed by atoms with Crippen LogP contribution < -0.4 is 15.4 Å². The third-order valence-corrected chi connectivity index (χ3v) is 5.40. The average Bonchev–Trinajstić information content (AvgIpc) is 2.64. The Hall–Kier alpha value is -2.75. The number of alkyl halides is 3. The predicted molar refractivity (Wildman–Crippen MR) is 100 cm³/mol. The van der Waals surface area contributed by atoms with E-state index in [0.29, 0.717) is 5.56 Å². The largest absolute Gasteiger partial charge is 0.573 e. The van der Waals surface area contributed by atoms with E-state index in [2.05, 4.69) is 15.4 Å². The van der Waals surface area contributed by atoms with Gasteiger partial charge in [-0.15, -0.1) is 24.9 Å². The Balaban J connectivity index is 1.58. The molecular formula is C19H16F4N2O3S. The second-order valence-electron chi connectivity index (χ2n) is 6.24. The minimum Gasteiger partial charge on any atom is -0.406 e. The number of amides is 2. The van der Waals surface area contributed by atoms with Crippen molar-refractivity contribution in [1.29, 1.82) is 0 Å². The number of hydrogen-bond acceptors (Lipinski definition) is 4. The van der Waals surface area contributed by atoms with Gasteiger partial charge in [-0.3, -0.25) is 9.59 Å². The molecule has 0 aliphatic carbocycles. The van der Waals surface area contributed by atoms with E-state index in [1.54, 1.807) is 18.2 Å². The van der Waals surface area contributed by atoms with Gasteiger partial charge in [0.2, 0.25) is 11.8 Å². The molecule has 0 spiro atoms. The molecule has 2 N–H and O–H groups in total. The lowest BCUT2D eigenvalue weighted by atomic mass is 10.1. The van der Waals surface area contributed by atoms with Gasteiger partial charge < -0.3 is 15.4 Å². The molecule has 5 nitrogen and oxygen atoms in total. The van der Waals surface area contributed by atoms with Crippen LogP contribution in [0.4, 0.5) is 23.2 Å². The van der Waals surface area contributed by atoms with E-state index in [-0.39, 0.29) is 17.9 Å². The molecule has 2 aromatic rings. The molecule has 29 heavy (non-hydrogen) atoms. The maximum absolute atomic E-state index is 13.8. The summed E-state index contributed by atoms with van der Waals surface area (Å²) in [4.78, 5) is 24.7. The second-order valence-corrected chi connectivity index (χ2v) is 7.48. The highest BCUT2D eigenvalue weighted by atomic mass is 32.2. The number of ether oxygens (including phenoxy) is 1. The van der Waals surface area contributed by atoms with Crippen LogP contribution in [0.5, 0.6) is 5.75 Å². The van der Waals surface area contributed by atoms with E-state index < -0.39 is 41.0 Å². The fourth-order valence-corrected chi connectivity index (χ4v) is 3.93. The Morgan fingerprint density at radius 2 is 1.97 bits per heavy atom. The molecule has 1 fully saturated rings. The summed E-state index contributed by atoms with van der Waals surface area (Å²) in [6.07, 6.45) is -4.65. The molecule has 3 rings (SSSR count). The molecule has 0 unspecified atom stereocenters. The maximum Gasteiger partial charge on any atom is 0.573 e. The van der Waals surface area contributed by atoms with Gasteiger partial charge in [0.05, 0.1) is 5.25 Å². The van der Waals surface area contributed by atoms with Gasteiger partial charge in [-0.25, -0.2) is 4.39 Å². The number of rotatable bonds is 5. The molecule has 1 saturated heterocycles. The van der Waals surface area contributed by atoms with E-state index >= 15 is 0 Å². The first-order valence-electron chi connectivity index (χ1n) is 8.53. The lowest BCUT2D eigenvalue weighted by molar-refractivity contribution is -0.274. The van der Waals surface area contributed by atoms with Crippen molar-refractivity contribution in [1.82, 2.24) is 5.32 Å². The summed E-state index contributed by atoms with van der Waals surface area (Å²) in [7, 11) is 0. The van der Waals surface area contributed by atoms with Crippen molar-refractivity contribution in [2.24, 2.45) is 0 Å². The number of halogens is 4. The van der Waals surface area contributed by atoms with Gasteiger partial charge in [0.15, 0.2) is 0 Å². The number of thioether (sulfide) groups is 1. The van der Waals surface area contributed by atoms with Gasteiger partial charge in [-0.1, -0.05) is 24.3 Å². The zero-order valence-electron chi connectivity index (χ0n) is 14.8. The maximum atomic E-state index is 13.8. The Morgan fingerprint density at radius 1 is 1.21 bits per heavy atom. The monoisotopic (exact) mass is 428 g/mol. The molecule has 1 aliphatic heterocycles. The summed E-state index contributed by atoms with van der Waals surface area (Å²) < 4.78 is 54.5. The molecule has 0 bridgehead atoms. The first kappa shape index (κ1) is 21.0. The van der Waals surface area contributed by atoms with Crippen LogP contribution in [0.3, 0.4) is 0 Å². The summed E-state index contributed by atoms with van der Waals surface area (Å²) in [5.74, 6) is -1.60. The first-order chi connectivity index (χ1) is 13.7. The normalized spacial score (nSPS) is 19.4. The average molecular weight is 428 g/mol. The highest BCUT2D eigenvalue weighted by Crippen LogP contribution is 2.26. The Kier molecular flexibility index (Phi) is 6.31. The Morgan fingerprint density at radius 3 is 2.66 bits per heavy atom. The van der Waals surface area contributed by atoms with Crippen LogP contribution in [0.1, 0.15) is 5.56 Å². The van der Waals surface area contributed by atoms with Gasteiger partial charge in [-0.05, 0) is 30.2 Å². The quantitative estimate of drug-likeness (QED) is 0.716. The van der Waals surface area contributed by atoms with Crippen LogP contribution >= 0.6 is 11.8 Å². The fraction of sp³-hybridized carbons (Fsp3) is 0.263. The number of carbonyl (C=O) groups excluding carboxylic acids is 2. The van der Waals surface area contributed by atoms with Crippen LogP contribution in [0.25, 0.3) is 0 Å². The van der Waals surface area contributed by atoms with Gasteiger partial charge in [0.25, 0.3) is 0 Å². The van der Waals surface area contributed by atoms with Gasteiger partial charge >= 0.3 is 6.36 Å². The number of nitrogens with one attached hydrogen (secondary N) is 2. The van der Waals surface area contributed by atoms with Crippen molar-refractivity contribution in [2.45, 2.75) is 24.1 Å². The van der Waals surface area contributed by atoms with Gasteiger partial charge in [-0.2, -0.15) is 0 Å². The third kappa shape index (κ3) is 5.86. The third-order valence-electron chi connectivity index (χ3n) is 4.09. The zero-order valence-corrected chi connectivity index (χ0v) is 15.6. The van der Waals surface area contributed by atoms with E-state index in [1.807, 2.05) is 0 Å². The van der Waals surface area contributed by atoms with Crippen molar-refractivity contribution in [2.75, 3.05) is 11.1 Å². The molecule has 0 saturated carbocycles. The van der Waals surface area contributed by atoms with E-state index in [0.717, 1.165) is 12.1 Å². The highest BCUT2D eigenvalue weighted by Gasteiger charge is 2.33. The molecule has 1 aliphatic rings. The van der Waals surface area contributed by atoms with Crippen LogP contribution in [-0.2, 0) is 16.0 Å². The lowest BCUT2D eigenvalue weighted by Crippen LogP contribution is -2.52. The first-order valence-corrected chi connectivity index (χ1v) is 9.58. The molecular weight excluding hydrogens is 412 g/mol. The van der Waals surface area contributed by atoms with Crippen LogP contribution in [0, 0.1) is 5.82 Å². The van der Waals surface area contributed by atoms with Crippen molar-refractivity contribution in [3.8, 4) is 5.75 Å². The molecule has 0 aromatic heterocycles. The number of benzene rings is 2. The SMILES string of the molecule is O=C(Nc1cccc(OC(F)(F)F)c1)[C@@H]1CS[C@H](Cc2ccccc2F)C(=O)N1. The summed E-state index contributed by atoms with van der Waals surface area (Å²) in [6.45, 7) is 0. The Bertz CT molecular complexity index is 907. The molecule has 2 aromatic carbocycles. The topological polar surface area (TPSA) is 67.4 Å². The predicted octanol–water partition coefficient (Wildman–Crippen LogP) is 3.51. The molecule has 10 heteroatoms. The van der Waals surface area contributed by atoms with Gasteiger partial charge in [0.1, 0.15) is 17.6 Å². The van der Waals surface area contributed by atoms with Crippen molar-refractivity contribution in [3.05, 3.63) is 59.9 Å². The molecule has 2 atom stereocenters. The Labute approximate surface area is 167 Å². The van der Waals surface area contributed by atoms with E-state index in [9.17, 15) is 27.2 Å². The van der Waals surface area contributed by atoms with E-state index in [1.165, 1.54) is 30.0 Å². The minimum absolute atomic E-state index is 0.101. The molecule has 2 amide bonds. The molecule has 1 heterocycles. The van der Waals surface area contributed by atoms with Crippen molar-refractivity contribution < 1.29 is 31.9 Å². The smallest absolute Gasteiger partial charge is 0.406 e. The van der Waals surface area contributed by atoms with Crippen LogP contribution in [0.15, 0.2) is 48.5 Å². The molecule has 154 valence electrons. The van der Waals surface area contributed by atoms with E-state index in [4.69, 9.17) is 0 Å². The second kappa shape index (κ2) is 8.73. The number of carbonyl (C=O) groups is 2. The van der Waals surface area contributed by atoms with Crippen LogP contribution in [-0.4, -0.2) is 35.2 Å². The van der Waals surface area contributed by atoms with Crippen LogP contribution in [0.2, 0.25) is 0 Å². The number of anilines is 1. The number of hydrogen-bond donors (Lipinski definition) is 2.